The summed E-state index contributed by atoms with van der Waals surface area (Å²) in [6, 6.07) is 5.71. The maximum Gasteiger partial charge on any atom is 0.273 e. The van der Waals surface area contributed by atoms with Crippen molar-refractivity contribution in [1.82, 2.24) is 15.4 Å². The van der Waals surface area contributed by atoms with Crippen LogP contribution in [0.15, 0.2) is 28.1 Å². The van der Waals surface area contributed by atoms with Crippen molar-refractivity contribution >= 4 is 23.2 Å². The van der Waals surface area contributed by atoms with Gasteiger partial charge in [0.2, 0.25) is 5.91 Å². The van der Waals surface area contributed by atoms with E-state index < -0.39 is 0 Å². The van der Waals surface area contributed by atoms with E-state index in [4.69, 9.17) is 4.52 Å². The zero-order chi connectivity index (χ0) is 19.3. The average molecular weight is 402 g/mol. The zero-order valence-corrected chi connectivity index (χ0v) is 16.9. The summed E-state index contributed by atoms with van der Waals surface area (Å²) < 4.78 is 5.39. The van der Waals surface area contributed by atoms with E-state index in [2.05, 4.69) is 10.5 Å². The topological polar surface area (TPSA) is 75.4 Å². The number of carbonyl (C=O) groups excluding carboxylic acids is 2. The summed E-state index contributed by atoms with van der Waals surface area (Å²) in [6.45, 7) is 1.61. The molecule has 2 fully saturated rings. The van der Waals surface area contributed by atoms with Crippen molar-refractivity contribution < 1.29 is 14.1 Å². The number of thiophene rings is 1. The van der Waals surface area contributed by atoms with Gasteiger partial charge in [0, 0.05) is 23.4 Å². The highest BCUT2D eigenvalue weighted by atomic mass is 32.1. The first kappa shape index (κ1) is 19.2. The fraction of sp³-hybridized carbons (Fsp3) is 0.571. The van der Waals surface area contributed by atoms with E-state index >= 15 is 0 Å². The Morgan fingerprint density at radius 2 is 2.00 bits per heavy atom. The van der Waals surface area contributed by atoms with Gasteiger partial charge in [0.05, 0.1) is 13.1 Å². The minimum absolute atomic E-state index is 0.0953. The first-order valence-electron chi connectivity index (χ1n) is 10.2. The smallest absolute Gasteiger partial charge is 0.273 e. The van der Waals surface area contributed by atoms with Crippen LogP contribution in [0.2, 0.25) is 0 Å². The number of rotatable bonds is 8. The van der Waals surface area contributed by atoms with Gasteiger partial charge in [0.1, 0.15) is 0 Å². The Hall–Kier alpha value is -2.15. The van der Waals surface area contributed by atoms with E-state index in [0.717, 1.165) is 30.6 Å². The quantitative estimate of drug-likeness (QED) is 0.726. The summed E-state index contributed by atoms with van der Waals surface area (Å²) in [4.78, 5) is 28.3. The molecule has 0 bridgehead atoms. The van der Waals surface area contributed by atoms with Gasteiger partial charge in [-0.25, -0.2) is 0 Å². The second-order valence-electron chi connectivity index (χ2n) is 7.94. The summed E-state index contributed by atoms with van der Waals surface area (Å²) in [5.74, 6) is 1.24. The van der Waals surface area contributed by atoms with E-state index in [1.807, 2.05) is 22.4 Å². The molecule has 0 atom stereocenters. The molecule has 0 saturated heterocycles. The first-order valence-corrected chi connectivity index (χ1v) is 11.1. The van der Waals surface area contributed by atoms with Crippen LogP contribution in [0.3, 0.4) is 0 Å². The maximum absolute atomic E-state index is 13.1. The molecule has 0 unspecified atom stereocenters. The van der Waals surface area contributed by atoms with Gasteiger partial charge >= 0.3 is 0 Å². The van der Waals surface area contributed by atoms with Gasteiger partial charge < -0.3 is 14.7 Å². The monoisotopic (exact) mass is 401 g/mol. The maximum atomic E-state index is 13.1. The normalized spacial score (nSPS) is 17.4. The number of amides is 2. The molecule has 28 heavy (non-hydrogen) atoms. The molecule has 2 aliphatic carbocycles. The highest BCUT2D eigenvalue weighted by Crippen LogP contribution is 2.28. The molecule has 150 valence electrons. The molecular weight excluding hydrogens is 374 g/mol. The average Bonchev–Trinajstić information content (AvgIpc) is 3.19. The Morgan fingerprint density at radius 1 is 1.18 bits per heavy atom. The number of nitrogens with zero attached hydrogens (tertiary/aromatic N) is 2. The van der Waals surface area contributed by atoms with Crippen LogP contribution in [-0.4, -0.2) is 28.4 Å². The number of hydrogen-bond donors (Lipinski definition) is 1. The molecule has 2 heterocycles. The van der Waals surface area contributed by atoms with Crippen molar-refractivity contribution in [3.05, 3.63) is 39.9 Å². The predicted octanol–water partition coefficient (Wildman–Crippen LogP) is 3.99. The van der Waals surface area contributed by atoms with Crippen LogP contribution in [0.1, 0.15) is 66.1 Å². The Balaban J connectivity index is 1.42. The molecule has 7 heteroatoms. The Bertz CT molecular complexity index is 792. The number of carbonyl (C=O) groups is 2. The summed E-state index contributed by atoms with van der Waals surface area (Å²) in [5, 5.41) is 8.84. The highest BCUT2D eigenvalue weighted by Gasteiger charge is 2.28. The van der Waals surface area contributed by atoms with Crippen molar-refractivity contribution in [3.63, 3.8) is 0 Å². The second kappa shape index (κ2) is 8.90. The molecule has 0 aliphatic heterocycles. The molecular formula is C21H27N3O3S. The second-order valence-corrected chi connectivity index (χ2v) is 8.97. The molecule has 6 nitrogen and oxygen atoms in total. The van der Waals surface area contributed by atoms with Gasteiger partial charge in [0.15, 0.2) is 11.5 Å². The van der Waals surface area contributed by atoms with Crippen LogP contribution in [0.5, 0.6) is 0 Å². The van der Waals surface area contributed by atoms with E-state index in [9.17, 15) is 9.59 Å². The lowest BCUT2D eigenvalue weighted by atomic mass is 9.88. The van der Waals surface area contributed by atoms with Crippen LogP contribution in [-0.2, 0) is 17.9 Å². The third-order valence-corrected chi connectivity index (χ3v) is 6.44. The standard InChI is InChI=1S/C21H27N3O3S/c25-20(22-12-15-8-9-15)19-11-17(27-23-19)13-24(14-18-7-4-10-28-18)21(26)16-5-2-1-3-6-16/h4,7,10-11,15-16H,1-3,5-6,8-9,12-14H2,(H,22,25). The lowest BCUT2D eigenvalue weighted by Crippen LogP contribution is -2.36. The Morgan fingerprint density at radius 3 is 2.71 bits per heavy atom. The predicted molar refractivity (Wildman–Crippen MR) is 107 cm³/mol. The summed E-state index contributed by atoms with van der Waals surface area (Å²) in [5.41, 5.74) is 0.289. The molecule has 4 rings (SSSR count). The van der Waals surface area contributed by atoms with Gasteiger partial charge in [0.25, 0.3) is 5.91 Å². The largest absolute Gasteiger partial charge is 0.359 e. The fourth-order valence-corrected chi connectivity index (χ4v) is 4.46. The highest BCUT2D eigenvalue weighted by molar-refractivity contribution is 7.09. The van der Waals surface area contributed by atoms with Gasteiger partial charge in [-0.1, -0.05) is 30.5 Å². The molecule has 1 N–H and O–H groups in total. The molecule has 0 radical (unpaired) electrons. The van der Waals surface area contributed by atoms with Crippen LogP contribution in [0.25, 0.3) is 0 Å². The third kappa shape index (κ3) is 5.01. The summed E-state index contributed by atoms with van der Waals surface area (Å²) in [7, 11) is 0. The van der Waals surface area contributed by atoms with Crippen LogP contribution in [0, 0.1) is 11.8 Å². The van der Waals surface area contributed by atoms with Gasteiger partial charge in [-0.15, -0.1) is 11.3 Å². The Labute approximate surface area is 169 Å². The van der Waals surface area contributed by atoms with E-state index in [1.165, 1.54) is 19.3 Å². The number of nitrogens with one attached hydrogen (secondary N) is 1. The lowest BCUT2D eigenvalue weighted by molar-refractivity contribution is -0.138. The molecule has 0 aromatic carbocycles. The van der Waals surface area contributed by atoms with E-state index in [-0.39, 0.29) is 23.4 Å². The SMILES string of the molecule is O=C(NCC1CC1)c1cc(CN(Cc2cccs2)C(=O)C2CCCCC2)on1. The van der Waals surface area contributed by atoms with Crippen LogP contribution < -0.4 is 5.32 Å². The van der Waals surface area contributed by atoms with Gasteiger partial charge in [-0.2, -0.15) is 0 Å². The van der Waals surface area contributed by atoms with Crippen molar-refractivity contribution in [2.45, 2.75) is 58.0 Å². The first-order chi connectivity index (χ1) is 13.7. The molecule has 0 spiro atoms. The van der Waals surface area contributed by atoms with Gasteiger partial charge in [-0.3, -0.25) is 9.59 Å². The molecule has 2 aliphatic rings. The molecule has 2 amide bonds. The van der Waals surface area contributed by atoms with Crippen LogP contribution >= 0.6 is 11.3 Å². The molecule has 2 aromatic rings. The summed E-state index contributed by atoms with van der Waals surface area (Å²) in [6.07, 6.45) is 7.76. The number of hydrogen-bond acceptors (Lipinski definition) is 5. The minimum atomic E-state index is -0.203. The molecule has 2 saturated carbocycles. The van der Waals surface area contributed by atoms with Crippen molar-refractivity contribution in [2.75, 3.05) is 6.54 Å². The zero-order valence-electron chi connectivity index (χ0n) is 16.1. The Kier molecular flexibility index (Phi) is 6.10. The molecule has 2 aromatic heterocycles. The summed E-state index contributed by atoms with van der Waals surface area (Å²) >= 11 is 1.65. The van der Waals surface area contributed by atoms with Crippen molar-refractivity contribution in [1.29, 1.82) is 0 Å². The third-order valence-electron chi connectivity index (χ3n) is 5.58. The van der Waals surface area contributed by atoms with E-state index in [1.54, 1.807) is 17.4 Å². The number of aromatic nitrogens is 1. The fourth-order valence-electron chi connectivity index (χ4n) is 3.74. The van der Waals surface area contributed by atoms with Crippen molar-refractivity contribution in [3.8, 4) is 0 Å². The van der Waals surface area contributed by atoms with E-state index in [0.29, 0.717) is 31.3 Å². The van der Waals surface area contributed by atoms with Gasteiger partial charge in [-0.05, 0) is 43.0 Å². The van der Waals surface area contributed by atoms with Crippen molar-refractivity contribution in [2.24, 2.45) is 11.8 Å². The minimum Gasteiger partial charge on any atom is -0.359 e. The van der Waals surface area contributed by atoms with Crippen LogP contribution in [0.4, 0.5) is 0 Å². The lowest BCUT2D eigenvalue weighted by Gasteiger charge is -2.28.